The van der Waals surface area contributed by atoms with Crippen LogP contribution < -0.4 is 10.6 Å². The Morgan fingerprint density at radius 1 is 1.00 bits per heavy atom. The number of nitrogens with one attached hydrogen (secondary N) is 2. The fourth-order valence-corrected chi connectivity index (χ4v) is 2.36. The van der Waals surface area contributed by atoms with Gasteiger partial charge in [-0.3, -0.25) is 4.79 Å². The molecular weight excluding hydrogens is 302 g/mol. The molecule has 0 aromatic heterocycles. The van der Waals surface area contributed by atoms with Crippen LogP contribution in [0.4, 0.5) is 16.2 Å². The van der Waals surface area contributed by atoms with Gasteiger partial charge in [-0.2, -0.15) is 0 Å². The highest BCUT2D eigenvalue weighted by molar-refractivity contribution is 5.93. The molecule has 0 aliphatic rings. The lowest BCUT2D eigenvalue weighted by molar-refractivity contribution is -0.114. The van der Waals surface area contributed by atoms with Gasteiger partial charge in [-0.1, -0.05) is 30.3 Å². The monoisotopic (exact) mass is 325 g/mol. The minimum atomic E-state index is -0.198. The lowest BCUT2D eigenvalue weighted by Crippen LogP contribution is -2.31. The molecule has 24 heavy (non-hydrogen) atoms. The summed E-state index contributed by atoms with van der Waals surface area (Å²) in [5.74, 6) is -0.141. The zero-order chi connectivity index (χ0) is 17.7. The van der Waals surface area contributed by atoms with Crippen LogP contribution in [0.3, 0.4) is 0 Å². The average Bonchev–Trinajstić information content (AvgIpc) is 2.52. The van der Waals surface area contributed by atoms with Crippen LogP contribution in [0.1, 0.15) is 23.6 Å². The van der Waals surface area contributed by atoms with Crippen molar-refractivity contribution in [1.82, 2.24) is 4.90 Å². The zero-order valence-electron chi connectivity index (χ0n) is 14.5. The van der Waals surface area contributed by atoms with E-state index in [-0.39, 0.29) is 11.9 Å². The highest BCUT2D eigenvalue weighted by Crippen LogP contribution is 2.21. The van der Waals surface area contributed by atoms with Crippen molar-refractivity contribution in [1.29, 1.82) is 0 Å². The Hall–Kier alpha value is -2.82. The number of rotatable bonds is 4. The molecule has 126 valence electrons. The van der Waals surface area contributed by atoms with Gasteiger partial charge in [0, 0.05) is 31.9 Å². The van der Waals surface area contributed by atoms with Crippen molar-refractivity contribution in [3.05, 3.63) is 59.2 Å². The van der Waals surface area contributed by atoms with E-state index in [1.807, 2.05) is 50.2 Å². The molecule has 2 N–H and O–H groups in total. The third-order valence-corrected chi connectivity index (χ3v) is 3.82. The lowest BCUT2D eigenvalue weighted by Gasteiger charge is -2.19. The number of amides is 3. The summed E-state index contributed by atoms with van der Waals surface area (Å²) in [4.78, 5) is 25.2. The fraction of sp³-hybridized carbons (Fsp3) is 0.263. The van der Waals surface area contributed by atoms with Crippen LogP contribution >= 0.6 is 0 Å². The Bertz CT molecular complexity index is 756. The summed E-state index contributed by atoms with van der Waals surface area (Å²) in [5.41, 5.74) is 4.54. The van der Waals surface area contributed by atoms with E-state index in [1.54, 1.807) is 18.0 Å². The summed E-state index contributed by atoms with van der Waals surface area (Å²) < 4.78 is 0. The van der Waals surface area contributed by atoms with Crippen molar-refractivity contribution >= 4 is 23.3 Å². The maximum absolute atomic E-state index is 12.4. The Labute approximate surface area is 142 Å². The zero-order valence-corrected chi connectivity index (χ0v) is 14.5. The van der Waals surface area contributed by atoms with Gasteiger partial charge in [0.25, 0.3) is 0 Å². The second kappa shape index (κ2) is 7.64. The highest BCUT2D eigenvalue weighted by Gasteiger charge is 2.11. The molecule has 0 spiro atoms. The Morgan fingerprint density at radius 3 is 2.38 bits per heavy atom. The summed E-state index contributed by atoms with van der Waals surface area (Å²) in [6, 6.07) is 13.2. The molecule has 0 heterocycles. The number of nitrogens with zero attached hydrogens (tertiary/aromatic N) is 1. The van der Waals surface area contributed by atoms with Gasteiger partial charge < -0.3 is 15.5 Å². The Balaban J connectivity index is 2.06. The molecule has 5 heteroatoms. The molecular formula is C19H23N3O2. The molecule has 5 nitrogen and oxygen atoms in total. The number of carbonyl (C=O) groups excluding carboxylic acids is 2. The van der Waals surface area contributed by atoms with Crippen LogP contribution in [0.15, 0.2) is 42.5 Å². The fourth-order valence-electron chi connectivity index (χ4n) is 2.36. The van der Waals surface area contributed by atoms with E-state index < -0.39 is 0 Å². The molecule has 0 fully saturated rings. The van der Waals surface area contributed by atoms with Crippen molar-refractivity contribution in [3.8, 4) is 0 Å². The molecule has 2 aromatic carbocycles. The van der Waals surface area contributed by atoms with E-state index >= 15 is 0 Å². The van der Waals surface area contributed by atoms with Gasteiger partial charge in [0.1, 0.15) is 0 Å². The van der Waals surface area contributed by atoms with Gasteiger partial charge >= 0.3 is 6.03 Å². The minimum absolute atomic E-state index is 0.141. The minimum Gasteiger partial charge on any atom is -0.326 e. The summed E-state index contributed by atoms with van der Waals surface area (Å²) in [5, 5.41) is 5.62. The van der Waals surface area contributed by atoms with Gasteiger partial charge in [0.15, 0.2) is 0 Å². The van der Waals surface area contributed by atoms with Crippen LogP contribution in [0, 0.1) is 13.8 Å². The largest absolute Gasteiger partial charge is 0.326 e. The predicted octanol–water partition coefficient (Wildman–Crippen LogP) is 3.93. The molecule has 0 aliphatic carbocycles. The predicted molar refractivity (Wildman–Crippen MR) is 97.1 cm³/mol. The lowest BCUT2D eigenvalue weighted by atomic mass is 10.1. The van der Waals surface area contributed by atoms with Gasteiger partial charge in [0.05, 0.1) is 0 Å². The molecule has 0 atom stereocenters. The third-order valence-electron chi connectivity index (χ3n) is 3.82. The topological polar surface area (TPSA) is 61.4 Å². The van der Waals surface area contributed by atoms with Crippen molar-refractivity contribution in [3.63, 3.8) is 0 Å². The first kappa shape index (κ1) is 17.5. The van der Waals surface area contributed by atoms with E-state index in [0.29, 0.717) is 17.9 Å². The first-order chi connectivity index (χ1) is 11.4. The van der Waals surface area contributed by atoms with Crippen molar-refractivity contribution < 1.29 is 9.59 Å². The molecule has 0 bridgehead atoms. The van der Waals surface area contributed by atoms with Crippen LogP contribution in [0.25, 0.3) is 0 Å². The highest BCUT2D eigenvalue weighted by atomic mass is 16.2. The second-order valence-electron chi connectivity index (χ2n) is 5.92. The van der Waals surface area contributed by atoms with E-state index in [4.69, 9.17) is 0 Å². The van der Waals surface area contributed by atoms with Crippen molar-refractivity contribution in [2.45, 2.75) is 27.3 Å². The van der Waals surface area contributed by atoms with E-state index in [1.165, 1.54) is 6.92 Å². The van der Waals surface area contributed by atoms with Crippen LogP contribution in [0.5, 0.6) is 0 Å². The average molecular weight is 325 g/mol. The Kier molecular flexibility index (Phi) is 5.58. The standard InChI is InChI=1S/C19H23N3O2/c1-13-7-5-6-8-16(13)12-22(4)19(24)21-17-10-9-14(2)18(11-17)20-15(3)23/h5-11H,12H2,1-4H3,(H,20,23)(H,21,24). The van der Waals surface area contributed by atoms with E-state index in [2.05, 4.69) is 10.6 Å². The van der Waals surface area contributed by atoms with Gasteiger partial charge in [-0.05, 0) is 42.7 Å². The number of hydrogen-bond donors (Lipinski definition) is 2. The normalized spacial score (nSPS) is 10.2. The van der Waals surface area contributed by atoms with Crippen molar-refractivity contribution in [2.24, 2.45) is 0 Å². The molecule has 2 rings (SSSR count). The number of hydrogen-bond acceptors (Lipinski definition) is 2. The van der Waals surface area contributed by atoms with Gasteiger partial charge in [0.2, 0.25) is 5.91 Å². The molecule has 0 saturated carbocycles. The van der Waals surface area contributed by atoms with Crippen molar-refractivity contribution in [2.75, 3.05) is 17.7 Å². The second-order valence-corrected chi connectivity index (χ2v) is 5.92. The SMILES string of the molecule is CC(=O)Nc1cc(NC(=O)N(C)Cc2ccccc2C)ccc1C. The first-order valence-electron chi connectivity index (χ1n) is 7.81. The number of benzene rings is 2. The number of urea groups is 1. The molecule has 2 aromatic rings. The number of anilines is 2. The summed E-state index contributed by atoms with van der Waals surface area (Å²) in [6.45, 7) is 5.92. The number of aryl methyl sites for hydroxylation is 2. The van der Waals surface area contributed by atoms with Gasteiger partial charge in [-0.15, -0.1) is 0 Å². The van der Waals surface area contributed by atoms with Gasteiger partial charge in [-0.25, -0.2) is 4.79 Å². The molecule has 0 aliphatic heterocycles. The summed E-state index contributed by atoms with van der Waals surface area (Å²) in [7, 11) is 1.75. The summed E-state index contributed by atoms with van der Waals surface area (Å²) in [6.07, 6.45) is 0. The maximum atomic E-state index is 12.4. The van der Waals surface area contributed by atoms with Crippen LogP contribution in [0.2, 0.25) is 0 Å². The van der Waals surface area contributed by atoms with E-state index in [9.17, 15) is 9.59 Å². The Morgan fingerprint density at radius 2 is 1.71 bits per heavy atom. The molecule has 0 unspecified atom stereocenters. The first-order valence-corrected chi connectivity index (χ1v) is 7.81. The van der Waals surface area contributed by atoms with Crippen LogP contribution in [-0.4, -0.2) is 23.9 Å². The molecule has 3 amide bonds. The quantitative estimate of drug-likeness (QED) is 0.895. The van der Waals surface area contributed by atoms with Crippen LogP contribution in [-0.2, 0) is 11.3 Å². The maximum Gasteiger partial charge on any atom is 0.321 e. The summed E-state index contributed by atoms with van der Waals surface area (Å²) >= 11 is 0. The smallest absolute Gasteiger partial charge is 0.321 e. The third kappa shape index (κ3) is 4.59. The van der Waals surface area contributed by atoms with E-state index in [0.717, 1.165) is 16.7 Å². The molecule has 0 saturated heterocycles. The number of carbonyl (C=O) groups is 2. The molecule has 0 radical (unpaired) electrons.